The molecule has 2 aromatic carbocycles. The lowest BCUT2D eigenvalue weighted by atomic mass is 10.2. The Hall–Kier alpha value is -3.22. The van der Waals surface area contributed by atoms with Gasteiger partial charge in [0.15, 0.2) is 11.5 Å². The highest BCUT2D eigenvalue weighted by atomic mass is 16.7. The maximum absolute atomic E-state index is 11.9. The summed E-state index contributed by atoms with van der Waals surface area (Å²) in [5.41, 5.74) is 3.87. The van der Waals surface area contributed by atoms with Crippen molar-refractivity contribution in [1.29, 1.82) is 0 Å². The molecule has 2 amide bonds. The Morgan fingerprint density at radius 1 is 1.19 bits per heavy atom. The van der Waals surface area contributed by atoms with Gasteiger partial charge in [0, 0.05) is 5.69 Å². The molecule has 0 bridgehead atoms. The van der Waals surface area contributed by atoms with Gasteiger partial charge < -0.3 is 19.5 Å². The molecule has 7 nitrogen and oxygen atoms in total. The van der Waals surface area contributed by atoms with E-state index >= 15 is 0 Å². The highest BCUT2D eigenvalue weighted by Crippen LogP contribution is 2.31. The van der Waals surface area contributed by atoms with Crippen molar-refractivity contribution in [2.24, 2.45) is 5.10 Å². The molecule has 0 saturated carbocycles. The number of benzene rings is 2. The van der Waals surface area contributed by atoms with Crippen molar-refractivity contribution in [2.45, 2.75) is 19.8 Å². The summed E-state index contributed by atoms with van der Waals surface area (Å²) in [6, 6.07) is 12.2. The molecule has 0 aromatic heterocycles. The number of fused-ring (bicyclic) bond motifs is 1. The molecular weight excluding hydrogens is 334 g/mol. The molecule has 26 heavy (non-hydrogen) atoms. The molecule has 2 aromatic rings. The van der Waals surface area contributed by atoms with Crippen LogP contribution in [0.4, 0.5) is 10.5 Å². The van der Waals surface area contributed by atoms with Crippen LogP contribution in [0.25, 0.3) is 0 Å². The second-order valence-electron chi connectivity index (χ2n) is 5.66. The molecule has 0 spiro atoms. The van der Waals surface area contributed by atoms with Crippen LogP contribution in [-0.2, 0) is 0 Å². The third-order valence-electron chi connectivity index (χ3n) is 3.66. The molecule has 1 aliphatic rings. The average Bonchev–Trinajstić information content (AvgIpc) is 3.11. The van der Waals surface area contributed by atoms with Gasteiger partial charge in [-0.1, -0.05) is 13.3 Å². The van der Waals surface area contributed by atoms with E-state index in [-0.39, 0.29) is 6.79 Å². The van der Waals surface area contributed by atoms with Crippen LogP contribution < -0.4 is 25.0 Å². The third kappa shape index (κ3) is 4.89. The van der Waals surface area contributed by atoms with E-state index in [4.69, 9.17) is 14.2 Å². The third-order valence-corrected chi connectivity index (χ3v) is 3.66. The number of anilines is 1. The highest BCUT2D eigenvalue weighted by Gasteiger charge is 2.12. The smallest absolute Gasteiger partial charge is 0.339 e. The molecule has 0 fully saturated rings. The number of carbonyl (C=O) groups is 1. The van der Waals surface area contributed by atoms with Crippen LogP contribution >= 0.6 is 0 Å². The summed E-state index contributed by atoms with van der Waals surface area (Å²) in [5.74, 6) is 2.15. The van der Waals surface area contributed by atoms with Crippen LogP contribution in [0, 0.1) is 0 Å². The standard InChI is InChI=1S/C19H21N3O4/c1-2-3-10-24-16-7-5-15(6-8-16)21-19(23)22-20-12-14-4-9-17-18(11-14)26-13-25-17/h4-9,11-12H,2-3,10,13H2,1H3,(H2,21,22,23). The monoisotopic (exact) mass is 355 g/mol. The van der Waals surface area contributed by atoms with Gasteiger partial charge in [0.2, 0.25) is 6.79 Å². The fraction of sp³-hybridized carbons (Fsp3) is 0.263. The second kappa shape index (κ2) is 8.75. The first-order valence-electron chi connectivity index (χ1n) is 8.47. The minimum Gasteiger partial charge on any atom is -0.494 e. The lowest BCUT2D eigenvalue weighted by molar-refractivity contribution is 0.174. The van der Waals surface area contributed by atoms with Crippen molar-refractivity contribution in [1.82, 2.24) is 5.43 Å². The molecule has 0 atom stereocenters. The normalized spacial score (nSPS) is 12.2. The molecule has 1 aliphatic heterocycles. The average molecular weight is 355 g/mol. The quantitative estimate of drug-likeness (QED) is 0.450. The van der Waals surface area contributed by atoms with E-state index in [2.05, 4.69) is 22.8 Å². The summed E-state index contributed by atoms with van der Waals surface area (Å²) >= 11 is 0. The van der Waals surface area contributed by atoms with Gasteiger partial charge in [-0.2, -0.15) is 5.10 Å². The number of nitrogens with one attached hydrogen (secondary N) is 2. The Morgan fingerprint density at radius 2 is 2.00 bits per heavy atom. The second-order valence-corrected chi connectivity index (χ2v) is 5.66. The first kappa shape index (κ1) is 17.6. The molecule has 136 valence electrons. The van der Waals surface area contributed by atoms with Gasteiger partial charge in [-0.3, -0.25) is 0 Å². The Morgan fingerprint density at radius 3 is 2.81 bits per heavy atom. The topological polar surface area (TPSA) is 81.2 Å². The molecule has 0 aliphatic carbocycles. The number of amides is 2. The Kier molecular flexibility index (Phi) is 5.92. The summed E-state index contributed by atoms with van der Waals surface area (Å²) in [5, 5.41) is 6.62. The molecule has 1 heterocycles. The van der Waals surface area contributed by atoms with Crippen molar-refractivity contribution in [2.75, 3.05) is 18.7 Å². The number of nitrogens with zero attached hydrogens (tertiary/aromatic N) is 1. The van der Waals surface area contributed by atoms with Crippen molar-refractivity contribution >= 4 is 17.9 Å². The first-order chi connectivity index (χ1) is 12.7. The fourth-order valence-corrected chi connectivity index (χ4v) is 2.29. The lowest BCUT2D eigenvalue weighted by Gasteiger charge is -2.07. The molecular formula is C19H21N3O4. The molecule has 0 radical (unpaired) electrons. The number of ether oxygens (including phenoxy) is 3. The van der Waals surface area contributed by atoms with Crippen LogP contribution in [0.15, 0.2) is 47.6 Å². The molecule has 0 unspecified atom stereocenters. The van der Waals surface area contributed by atoms with E-state index < -0.39 is 6.03 Å². The van der Waals surface area contributed by atoms with Crippen molar-refractivity contribution < 1.29 is 19.0 Å². The number of hydrogen-bond donors (Lipinski definition) is 2. The molecule has 0 saturated heterocycles. The summed E-state index contributed by atoms with van der Waals surface area (Å²) in [7, 11) is 0. The van der Waals surface area contributed by atoms with Gasteiger partial charge in [-0.05, 0) is 54.4 Å². The first-order valence-corrected chi connectivity index (χ1v) is 8.47. The fourth-order valence-electron chi connectivity index (χ4n) is 2.29. The van der Waals surface area contributed by atoms with Gasteiger partial charge in [0.05, 0.1) is 12.8 Å². The van der Waals surface area contributed by atoms with Crippen LogP contribution in [0.3, 0.4) is 0 Å². The minimum absolute atomic E-state index is 0.221. The molecule has 7 heteroatoms. The summed E-state index contributed by atoms with van der Waals surface area (Å²) < 4.78 is 16.1. The summed E-state index contributed by atoms with van der Waals surface area (Å²) in [6.07, 6.45) is 3.64. The zero-order valence-corrected chi connectivity index (χ0v) is 14.5. The van der Waals surface area contributed by atoms with E-state index in [1.54, 1.807) is 24.3 Å². The molecule has 3 rings (SSSR count). The number of urea groups is 1. The van der Waals surface area contributed by atoms with Crippen LogP contribution in [0.2, 0.25) is 0 Å². The van der Waals surface area contributed by atoms with Crippen molar-refractivity contribution in [3.8, 4) is 17.2 Å². The van der Waals surface area contributed by atoms with E-state index in [0.717, 1.165) is 24.2 Å². The predicted molar refractivity (Wildman–Crippen MR) is 99.2 cm³/mol. The number of unbranched alkanes of at least 4 members (excludes halogenated alkanes) is 1. The number of carbonyl (C=O) groups excluding carboxylic acids is 1. The van der Waals surface area contributed by atoms with E-state index in [1.807, 2.05) is 18.2 Å². The van der Waals surface area contributed by atoms with Gasteiger partial charge in [-0.25, -0.2) is 10.2 Å². The zero-order valence-electron chi connectivity index (χ0n) is 14.5. The van der Waals surface area contributed by atoms with Crippen LogP contribution in [0.1, 0.15) is 25.3 Å². The minimum atomic E-state index is -0.429. The van der Waals surface area contributed by atoms with Gasteiger partial charge in [0.1, 0.15) is 5.75 Å². The number of hydrazone groups is 1. The maximum atomic E-state index is 11.9. The zero-order chi connectivity index (χ0) is 18.2. The lowest BCUT2D eigenvalue weighted by Crippen LogP contribution is -2.24. The Labute approximate surface area is 152 Å². The Balaban J connectivity index is 1.46. The van der Waals surface area contributed by atoms with Crippen LogP contribution in [-0.4, -0.2) is 25.6 Å². The Bertz CT molecular complexity index is 775. The van der Waals surface area contributed by atoms with Gasteiger partial charge in [0.25, 0.3) is 0 Å². The van der Waals surface area contributed by atoms with E-state index in [0.29, 0.717) is 23.8 Å². The van der Waals surface area contributed by atoms with Crippen LogP contribution in [0.5, 0.6) is 17.2 Å². The SMILES string of the molecule is CCCCOc1ccc(NC(=O)NN=Cc2ccc3c(c2)OCO3)cc1. The molecule has 2 N–H and O–H groups in total. The van der Waals surface area contributed by atoms with Crippen molar-refractivity contribution in [3.05, 3.63) is 48.0 Å². The predicted octanol–water partition coefficient (Wildman–Crippen LogP) is 3.75. The summed E-state index contributed by atoms with van der Waals surface area (Å²) in [6.45, 7) is 3.03. The van der Waals surface area contributed by atoms with Gasteiger partial charge in [-0.15, -0.1) is 0 Å². The largest absolute Gasteiger partial charge is 0.494 e. The number of hydrogen-bond acceptors (Lipinski definition) is 5. The summed E-state index contributed by atoms with van der Waals surface area (Å²) in [4.78, 5) is 11.9. The van der Waals surface area contributed by atoms with E-state index in [9.17, 15) is 4.79 Å². The maximum Gasteiger partial charge on any atom is 0.339 e. The highest BCUT2D eigenvalue weighted by molar-refractivity contribution is 5.90. The number of rotatable bonds is 7. The van der Waals surface area contributed by atoms with Gasteiger partial charge >= 0.3 is 6.03 Å². The van der Waals surface area contributed by atoms with E-state index in [1.165, 1.54) is 6.21 Å². The van der Waals surface area contributed by atoms with Crippen molar-refractivity contribution in [3.63, 3.8) is 0 Å².